The van der Waals surface area contributed by atoms with E-state index in [4.69, 9.17) is 16.7 Å². The van der Waals surface area contributed by atoms with Crippen molar-refractivity contribution in [2.75, 3.05) is 6.54 Å². The van der Waals surface area contributed by atoms with Crippen molar-refractivity contribution >= 4 is 23.5 Å². The molecule has 1 aromatic rings. The third kappa shape index (κ3) is 4.20. The summed E-state index contributed by atoms with van der Waals surface area (Å²) in [5.74, 6) is -1.95. The van der Waals surface area contributed by atoms with Crippen molar-refractivity contribution in [2.24, 2.45) is 0 Å². The molecule has 0 bridgehead atoms. The highest BCUT2D eigenvalue weighted by atomic mass is 35.5. The van der Waals surface area contributed by atoms with Crippen molar-refractivity contribution in [1.29, 1.82) is 0 Å². The average molecular weight is 302 g/mol. The van der Waals surface area contributed by atoms with Crippen LogP contribution < -0.4 is 0 Å². The van der Waals surface area contributed by atoms with Crippen molar-refractivity contribution < 1.29 is 19.1 Å². The molecule has 1 amide bonds. The van der Waals surface area contributed by atoms with Crippen LogP contribution in [0.25, 0.3) is 0 Å². The van der Waals surface area contributed by atoms with Gasteiger partial charge in [-0.25, -0.2) is 4.39 Å². The average Bonchev–Trinajstić information content (AvgIpc) is 2.36. The SMILES string of the molecule is CC(C)N(CCCC(=O)O)C(=O)c1cccc(F)c1Cl. The van der Waals surface area contributed by atoms with Crippen molar-refractivity contribution in [3.05, 3.63) is 34.6 Å². The highest BCUT2D eigenvalue weighted by molar-refractivity contribution is 6.34. The summed E-state index contributed by atoms with van der Waals surface area (Å²) < 4.78 is 13.4. The van der Waals surface area contributed by atoms with Crippen LogP contribution in [0.1, 0.15) is 37.0 Å². The number of carbonyl (C=O) groups excluding carboxylic acids is 1. The standard InChI is InChI=1S/C14H17ClFNO3/c1-9(2)17(8-4-7-12(18)19)14(20)10-5-3-6-11(16)13(10)15/h3,5-6,9H,4,7-8H2,1-2H3,(H,18,19). The molecule has 0 aliphatic carbocycles. The predicted molar refractivity (Wildman–Crippen MR) is 74.5 cm³/mol. The molecule has 1 N–H and O–H groups in total. The van der Waals surface area contributed by atoms with Crippen LogP contribution >= 0.6 is 11.6 Å². The van der Waals surface area contributed by atoms with E-state index in [9.17, 15) is 14.0 Å². The molecule has 110 valence electrons. The number of nitrogens with zero attached hydrogens (tertiary/aromatic N) is 1. The molecule has 20 heavy (non-hydrogen) atoms. The number of benzene rings is 1. The van der Waals surface area contributed by atoms with E-state index >= 15 is 0 Å². The van der Waals surface area contributed by atoms with Crippen LogP contribution in [0, 0.1) is 5.82 Å². The molecule has 6 heteroatoms. The topological polar surface area (TPSA) is 57.6 Å². The van der Waals surface area contributed by atoms with E-state index in [1.807, 2.05) is 13.8 Å². The highest BCUT2D eigenvalue weighted by Gasteiger charge is 2.22. The molecule has 0 saturated heterocycles. The van der Waals surface area contributed by atoms with Crippen LogP contribution in [-0.4, -0.2) is 34.5 Å². The molecule has 0 heterocycles. The first kappa shape index (κ1) is 16.4. The number of carbonyl (C=O) groups is 2. The Bertz CT molecular complexity index is 505. The first-order chi connectivity index (χ1) is 9.34. The fourth-order valence-electron chi connectivity index (χ4n) is 1.82. The fraction of sp³-hybridized carbons (Fsp3) is 0.429. The Morgan fingerprint density at radius 1 is 1.40 bits per heavy atom. The lowest BCUT2D eigenvalue weighted by Gasteiger charge is -2.27. The molecule has 0 unspecified atom stereocenters. The molecule has 0 fully saturated rings. The number of hydrogen-bond donors (Lipinski definition) is 1. The van der Waals surface area contributed by atoms with E-state index in [2.05, 4.69) is 0 Å². The smallest absolute Gasteiger partial charge is 0.303 e. The molecule has 0 aromatic heterocycles. The quantitative estimate of drug-likeness (QED) is 0.878. The van der Waals surface area contributed by atoms with Crippen LogP contribution in [0.2, 0.25) is 5.02 Å². The van der Waals surface area contributed by atoms with Gasteiger partial charge in [0.1, 0.15) is 5.82 Å². The number of carboxylic acid groups (broad SMARTS) is 1. The maximum Gasteiger partial charge on any atom is 0.303 e. The molecule has 0 atom stereocenters. The second kappa shape index (κ2) is 7.24. The Hall–Kier alpha value is -1.62. The molecule has 0 radical (unpaired) electrons. The Balaban J connectivity index is 2.88. The van der Waals surface area contributed by atoms with Gasteiger partial charge in [0, 0.05) is 19.0 Å². The first-order valence-corrected chi connectivity index (χ1v) is 6.69. The van der Waals surface area contributed by atoms with Crippen molar-refractivity contribution in [3.8, 4) is 0 Å². The lowest BCUT2D eigenvalue weighted by molar-refractivity contribution is -0.137. The minimum atomic E-state index is -0.912. The summed E-state index contributed by atoms with van der Waals surface area (Å²) in [4.78, 5) is 24.4. The second-order valence-corrected chi connectivity index (χ2v) is 5.07. The van der Waals surface area contributed by atoms with Gasteiger partial charge in [0.05, 0.1) is 10.6 Å². The molecule has 0 saturated carbocycles. The molecule has 0 aliphatic rings. The van der Waals surface area contributed by atoms with Crippen LogP contribution in [-0.2, 0) is 4.79 Å². The number of amides is 1. The molecule has 0 aliphatic heterocycles. The van der Waals surface area contributed by atoms with Gasteiger partial charge in [0.25, 0.3) is 5.91 Å². The fourth-order valence-corrected chi connectivity index (χ4v) is 2.03. The Kier molecular flexibility index (Phi) is 5.95. The lowest BCUT2D eigenvalue weighted by Crippen LogP contribution is -2.38. The van der Waals surface area contributed by atoms with Crippen LogP contribution in [0.5, 0.6) is 0 Å². The monoisotopic (exact) mass is 301 g/mol. The van der Waals surface area contributed by atoms with Crippen LogP contribution in [0.4, 0.5) is 4.39 Å². The molecule has 1 rings (SSSR count). The number of halogens is 2. The second-order valence-electron chi connectivity index (χ2n) is 4.69. The molecule has 4 nitrogen and oxygen atoms in total. The Morgan fingerprint density at radius 3 is 2.60 bits per heavy atom. The normalized spacial score (nSPS) is 10.7. The summed E-state index contributed by atoms with van der Waals surface area (Å²) in [5, 5.41) is 8.42. The summed E-state index contributed by atoms with van der Waals surface area (Å²) in [7, 11) is 0. The van der Waals surface area contributed by atoms with Gasteiger partial charge < -0.3 is 10.0 Å². The largest absolute Gasteiger partial charge is 0.481 e. The third-order valence-corrected chi connectivity index (χ3v) is 3.24. The number of rotatable bonds is 6. The first-order valence-electron chi connectivity index (χ1n) is 6.31. The van der Waals surface area contributed by atoms with Gasteiger partial charge in [0.2, 0.25) is 0 Å². The van der Waals surface area contributed by atoms with Gasteiger partial charge >= 0.3 is 5.97 Å². The van der Waals surface area contributed by atoms with E-state index in [1.54, 1.807) is 0 Å². The predicted octanol–water partition coefficient (Wildman–Crippen LogP) is 3.19. The molecule has 1 aromatic carbocycles. The Labute approximate surface area is 122 Å². The lowest BCUT2D eigenvalue weighted by atomic mass is 10.1. The summed E-state index contributed by atoms with van der Waals surface area (Å²) in [6.07, 6.45) is 0.319. The van der Waals surface area contributed by atoms with E-state index in [1.165, 1.54) is 23.1 Å². The molecule has 0 spiro atoms. The zero-order valence-electron chi connectivity index (χ0n) is 11.4. The van der Waals surface area contributed by atoms with Crippen molar-refractivity contribution in [3.63, 3.8) is 0 Å². The minimum Gasteiger partial charge on any atom is -0.481 e. The summed E-state index contributed by atoms with van der Waals surface area (Å²) in [6, 6.07) is 3.93. The molecular formula is C14H17ClFNO3. The van der Waals surface area contributed by atoms with Gasteiger partial charge in [-0.05, 0) is 32.4 Å². The Morgan fingerprint density at radius 2 is 2.05 bits per heavy atom. The summed E-state index contributed by atoms with van der Waals surface area (Å²) in [6.45, 7) is 3.91. The van der Waals surface area contributed by atoms with Gasteiger partial charge in [0.15, 0.2) is 0 Å². The maximum atomic E-state index is 13.4. The van der Waals surface area contributed by atoms with Gasteiger partial charge in [-0.15, -0.1) is 0 Å². The zero-order valence-corrected chi connectivity index (χ0v) is 12.2. The van der Waals surface area contributed by atoms with Gasteiger partial charge in [-0.1, -0.05) is 17.7 Å². The minimum absolute atomic E-state index is 0.0205. The van der Waals surface area contributed by atoms with E-state index < -0.39 is 17.7 Å². The summed E-state index contributed by atoms with van der Waals surface area (Å²) >= 11 is 5.80. The van der Waals surface area contributed by atoms with Gasteiger partial charge in [-0.3, -0.25) is 9.59 Å². The van der Waals surface area contributed by atoms with E-state index in [0.29, 0.717) is 6.42 Å². The third-order valence-electron chi connectivity index (χ3n) is 2.86. The van der Waals surface area contributed by atoms with Crippen LogP contribution in [0.3, 0.4) is 0 Å². The van der Waals surface area contributed by atoms with Crippen molar-refractivity contribution in [1.82, 2.24) is 4.90 Å². The molecular weight excluding hydrogens is 285 g/mol. The van der Waals surface area contributed by atoms with E-state index in [0.717, 1.165) is 0 Å². The van der Waals surface area contributed by atoms with Gasteiger partial charge in [-0.2, -0.15) is 0 Å². The van der Waals surface area contributed by atoms with Crippen LogP contribution in [0.15, 0.2) is 18.2 Å². The number of carboxylic acids is 1. The highest BCUT2D eigenvalue weighted by Crippen LogP contribution is 2.22. The van der Waals surface area contributed by atoms with Crippen molar-refractivity contribution in [2.45, 2.75) is 32.7 Å². The number of hydrogen-bond acceptors (Lipinski definition) is 2. The number of aliphatic carboxylic acids is 1. The summed E-state index contributed by atoms with van der Waals surface area (Å²) in [5.41, 5.74) is 0.0932. The van der Waals surface area contributed by atoms with E-state index in [-0.39, 0.29) is 29.6 Å². The zero-order chi connectivity index (χ0) is 15.3. The maximum absolute atomic E-state index is 13.4.